The van der Waals surface area contributed by atoms with Crippen molar-refractivity contribution in [2.75, 3.05) is 0 Å². The molecule has 0 aliphatic rings. The molecule has 0 fully saturated rings. The van der Waals surface area contributed by atoms with Crippen LogP contribution in [0.4, 0.5) is 0 Å². The lowest BCUT2D eigenvalue weighted by Gasteiger charge is -2.17. The number of pyridine rings is 1. The highest BCUT2D eigenvalue weighted by Gasteiger charge is 2.25. The summed E-state index contributed by atoms with van der Waals surface area (Å²) in [6.07, 6.45) is 1.53. The summed E-state index contributed by atoms with van der Waals surface area (Å²) in [5, 5.41) is 0. The Hall–Kier alpha value is -0.390. The Kier molecular flexibility index (Phi) is 4.31. The molecule has 0 N–H and O–H groups in total. The van der Waals surface area contributed by atoms with Crippen molar-refractivity contribution in [3.05, 3.63) is 28.5 Å². The second-order valence-corrected chi connectivity index (χ2v) is 6.73. The predicted octanol–water partition coefficient (Wildman–Crippen LogP) is 2.73. The number of nitrogens with zero attached hydrogens (tertiary/aromatic N) is 2. The van der Waals surface area contributed by atoms with Gasteiger partial charge in [0.15, 0.2) is 0 Å². The third-order valence-electron chi connectivity index (χ3n) is 1.54. The van der Waals surface area contributed by atoms with Gasteiger partial charge in [0.25, 0.3) is 0 Å². The summed E-state index contributed by atoms with van der Waals surface area (Å²) < 4.78 is 16.0. The molecule has 3 nitrogen and oxygen atoms in total. The van der Waals surface area contributed by atoms with Gasteiger partial charge >= 0.3 is 0 Å². The molecule has 15 heavy (non-hydrogen) atoms. The zero-order valence-corrected chi connectivity index (χ0v) is 11.3. The normalized spacial score (nSPS) is 14.5. The molecule has 1 rings (SSSR count). The molecule has 0 aromatic carbocycles. The standard InChI is InChI=1S/C10H13BrN2OS/c1-10(2,3)15(14)12-7-8-5-4-6-9(11)13-8/h4-7H,1-3H3/b12-7+/t15-/m1/s1. The quantitative estimate of drug-likeness (QED) is 0.477. The Morgan fingerprint density at radius 1 is 1.47 bits per heavy atom. The van der Waals surface area contributed by atoms with E-state index in [9.17, 15) is 4.55 Å². The first-order valence-corrected chi connectivity index (χ1v) is 6.38. The van der Waals surface area contributed by atoms with Crippen LogP contribution in [0.15, 0.2) is 27.2 Å². The lowest BCUT2D eigenvalue weighted by Crippen LogP contribution is -2.25. The van der Waals surface area contributed by atoms with E-state index in [1.165, 1.54) is 6.21 Å². The molecule has 0 bridgehead atoms. The van der Waals surface area contributed by atoms with Gasteiger partial charge in [-0.2, -0.15) is 0 Å². The minimum absolute atomic E-state index is 0.331. The Balaban J connectivity index is 2.74. The van der Waals surface area contributed by atoms with E-state index in [4.69, 9.17) is 0 Å². The minimum atomic E-state index is -1.23. The summed E-state index contributed by atoms with van der Waals surface area (Å²) in [6.45, 7) is 5.65. The van der Waals surface area contributed by atoms with E-state index in [2.05, 4.69) is 25.3 Å². The molecule has 0 radical (unpaired) electrons. The second-order valence-electron chi connectivity index (χ2n) is 3.98. The lowest BCUT2D eigenvalue weighted by atomic mass is 10.3. The molecule has 0 aliphatic carbocycles. The molecule has 0 unspecified atom stereocenters. The third kappa shape index (κ3) is 4.32. The van der Waals surface area contributed by atoms with Gasteiger partial charge in [-0.05, 0) is 48.8 Å². The van der Waals surface area contributed by atoms with Crippen molar-refractivity contribution in [3.8, 4) is 0 Å². The highest BCUT2D eigenvalue weighted by molar-refractivity contribution is 9.10. The van der Waals surface area contributed by atoms with Gasteiger partial charge in [0, 0.05) is 0 Å². The average Bonchev–Trinajstić information content (AvgIpc) is 2.12. The second kappa shape index (κ2) is 5.09. The monoisotopic (exact) mass is 288 g/mol. The Morgan fingerprint density at radius 2 is 2.13 bits per heavy atom. The van der Waals surface area contributed by atoms with Gasteiger partial charge in [0.1, 0.15) is 26.9 Å². The van der Waals surface area contributed by atoms with E-state index in [-0.39, 0.29) is 4.75 Å². The molecule has 1 atom stereocenters. The van der Waals surface area contributed by atoms with E-state index in [1.807, 2.05) is 39.0 Å². The van der Waals surface area contributed by atoms with Crippen molar-refractivity contribution in [2.45, 2.75) is 25.5 Å². The maximum absolute atomic E-state index is 11.6. The first-order valence-electron chi connectivity index (χ1n) is 4.48. The molecule has 1 aromatic rings. The zero-order chi connectivity index (χ0) is 11.5. The SMILES string of the molecule is CC(C)(C)[S@@+]([O-])/N=C/c1cccc(Br)n1. The van der Waals surface area contributed by atoms with E-state index in [0.29, 0.717) is 5.69 Å². The predicted molar refractivity (Wildman–Crippen MR) is 67.4 cm³/mol. The fourth-order valence-electron chi connectivity index (χ4n) is 0.756. The van der Waals surface area contributed by atoms with E-state index in [0.717, 1.165) is 4.60 Å². The van der Waals surface area contributed by atoms with Crippen molar-refractivity contribution in [2.24, 2.45) is 4.40 Å². The van der Waals surface area contributed by atoms with Crippen molar-refractivity contribution in [1.82, 2.24) is 4.98 Å². The molecule has 0 amide bonds. The zero-order valence-electron chi connectivity index (χ0n) is 8.90. The lowest BCUT2D eigenvalue weighted by molar-refractivity contribution is 0.562. The van der Waals surface area contributed by atoms with Crippen molar-refractivity contribution >= 4 is 33.5 Å². The van der Waals surface area contributed by atoms with Gasteiger partial charge in [-0.15, -0.1) is 0 Å². The Morgan fingerprint density at radius 3 is 2.67 bits per heavy atom. The maximum atomic E-state index is 11.6. The molecule has 0 saturated heterocycles. The maximum Gasteiger partial charge on any atom is 0.144 e. The van der Waals surface area contributed by atoms with Crippen LogP contribution in [0.25, 0.3) is 0 Å². The summed E-state index contributed by atoms with van der Waals surface area (Å²) in [5.41, 5.74) is 0.696. The summed E-state index contributed by atoms with van der Waals surface area (Å²) >= 11 is 2.03. The van der Waals surface area contributed by atoms with Crippen LogP contribution in [-0.2, 0) is 11.4 Å². The third-order valence-corrected chi connectivity index (χ3v) is 3.33. The molecule has 0 aliphatic heterocycles. The summed E-state index contributed by atoms with van der Waals surface area (Å²) in [4.78, 5) is 4.16. The minimum Gasteiger partial charge on any atom is -0.591 e. The fourth-order valence-corrected chi connectivity index (χ4v) is 1.63. The number of hydrogen-bond acceptors (Lipinski definition) is 3. The summed E-state index contributed by atoms with van der Waals surface area (Å²) in [6, 6.07) is 5.50. The van der Waals surface area contributed by atoms with E-state index in [1.54, 1.807) is 0 Å². The Labute approximate surface area is 101 Å². The molecule has 1 heterocycles. The molecule has 1 aromatic heterocycles. The summed E-state index contributed by atoms with van der Waals surface area (Å²) in [5.74, 6) is 0. The van der Waals surface area contributed by atoms with Gasteiger partial charge in [-0.1, -0.05) is 10.5 Å². The van der Waals surface area contributed by atoms with Crippen LogP contribution in [0.3, 0.4) is 0 Å². The van der Waals surface area contributed by atoms with Crippen LogP contribution < -0.4 is 0 Å². The fraction of sp³-hybridized carbons (Fsp3) is 0.400. The summed E-state index contributed by atoms with van der Waals surface area (Å²) in [7, 11) is 0. The number of rotatable bonds is 2. The van der Waals surface area contributed by atoms with Crippen LogP contribution in [0, 0.1) is 0 Å². The van der Waals surface area contributed by atoms with Crippen LogP contribution in [0.1, 0.15) is 26.5 Å². The molecule has 82 valence electrons. The molecular weight excluding hydrogens is 276 g/mol. The van der Waals surface area contributed by atoms with Gasteiger partial charge in [0.2, 0.25) is 0 Å². The molecule has 5 heteroatoms. The van der Waals surface area contributed by atoms with Gasteiger partial charge in [-0.25, -0.2) is 4.98 Å². The van der Waals surface area contributed by atoms with Crippen LogP contribution in [0.5, 0.6) is 0 Å². The Bertz CT molecular complexity index is 363. The smallest absolute Gasteiger partial charge is 0.144 e. The van der Waals surface area contributed by atoms with Crippen molar-refractivity contribution in [1.29, 1.82) is 0 Å². The number of halogens is 1. The molecular formula is C10H13BrN2OS. The largest absolute Gasteiger partial charge is 0.591 e. The van der Waals surface area contributed by atoms with Crippen LogP contribution in [-0.4, -0.2) is 20.5 Å². The van der Waals surface area contributed by atoms with Gasteiger partial charge in [-0.3, -0.25) is 0 Å². The highest BCUT2D eigenvalue weighted by atomic mass is 79.9. The van der Waals surface area contributed by atoms with E-state index < -0.39 is 11.4 Å². The first-order chi connectivity index (χ1) is 6.89. The first kappa shape index (κ1) is 12.7. The topological polar surface area (TPSA) is 48.3 Å². The highest BCUT2D eigenvalue weighted by Crippen LogP contribution is 2.16. The molecule has 0 spiro atoms. The van der Waals surface area contributed by atoms with Crippen LogP contribution >= 0.6 is 15.9 Å². The van der Waals surface area contributed by atoms with Gasteiger partial charge < -0.3 is 4.55 Å². The number of aromatic nitrogens is 1. The van der Waals surface area contributed by atoms with Crippen LogP contribution in [0.2, 0.25) is 0 Å². The van der Waals surface area contributed by atoms with Gasteiger partial charge in [0.05, 0.1) is 5.69 Å². The van der Waals surface area contributed by atoms with Crippen molar-refractivity contribution in [3.63, 3.8) is 0 Å². The number of hydrogen-bond donors (Lipinski definition) is 0. The average molecular weight is 289 g/mol. The van der Waals surface area contributed by atoms with Crippen molar-refractivity contribution < 1.29 is 4.55 Å². The van der Waals surface area contributed by atoms with E-state index >= 15 is 0 Å². The molecule has 0 saturated carbocycles.